The fourth-order valence-electron chi connectivity index (χ4n) is 8.93. The maximum atomic E-state index is 6.99. The molecule has 0 atom stereocenters. The smallest absolute Gasteiger partial charge is 0.228 e. The second-order valence-electron chi connectivity index (χ2n) is 14.9. The minimum absolute atomic E-state index is 0.494. The van der Waals surface area contributed by atoms with Crippen LogP contribution in [0.15, 0.2) is 160 Å². The zero-order chi connectivity index (χ0) is 38.6. The summed E-state index contributed by atoms with van der Waals surface area (Å²) in [5.41, 5.74) is 11.2. The van der Waals surface area contributed by atoms with Crippen molar-refractivity contribution in [1.82, 2.24) is 24.7 Å². The highest BCUT2D eigenvalue weighted by Gasteiger charge is 2.36. The first-order valence-corrected chi connectivity index (χ1v) is 21.2. The number of oxazole rings is 1. The molecule has 0 spiro atoms. The summed E-state index contributed by atoms with van der Waals surface area (Å²) in [7, 11) is 0. The van der Waals surface area contributed by atoms with Crippen molar-refractivity contribution < 1.29 is 8.83 Å². The van der Waals surface area contributed by atoms with Gasteiger partial charge in [-0.05, 0) is 72.0 Å². The maximum absolute atomic E-state index is 6.99. The molecule has 59 heavy (non-hydrogen) atoms. The van der Waals surface area contributed by atoms with Crippen LogP contribution in [0.25, 0.3) is 104 Å². The largest absolute Gasteiger partial charge is 0.456 e. The molecule has 0 fully saturated rings. The monoisotopic (exact) mass is 798 g/mol. The molecule has 0 saturated carbocycles. The van der Waals surface area contributed by atoms with E-state index in [-0.39, 0.29) is 0 Å². The zero-order valence-corrected chi connectivity index (χ0v) is 32.9. The number of nitrogens with zero attached hydrogens (tertiary/aromatic N) is 5. The standard InChI is InChI=1S/C49H30N6O2S2/c1-5-15-32-29(12-1)25-34(51-32)41-42(38-26-30-13-3-8-18-36(30)56-38)44(48-52-33-16-6-9-19-37(33)57-48)43(40-27-31-14-4-10-20-39(31)59-40)46-45(41)47(53-55(46)49-50-22-24-58-49)54-23-21-28-11-2-7-17-35(28)54/h1-20,22,24-27,51H,21,23H2. The van der Waals surface area contributed by atoms with Gasteiger partial charge >= 0.3 is 0 Å². The Morgan fingerprint density at radius 2 is 1.47 bits per heavy atom. The molecule has 13 rings (SSSR count). The van der Waals surface area contributed by atoms with E-state index in [9.17, 15) is 0 Å². The van der Waals surface area contributed by atoms with E-state index in [4.69, 9.17) is 23.9 Å². The average molecular weight is 799 g/mol. The molecule has 1 N–H and O–H groups in total. The van der Waals surface area contributed by atoms with Crippen LogP contribution >= 0.6 is 22.7 Å². The third-order valence-corrected chi connectivity index (χ3v) is 13.4. The Morgan fingerprint density at radius 1 is 0.678 bits per heavy atom. The van der Waals surface area contributed by atoms with Crippen molar-refractivity contribution in [3.63, 3.8) is 0 Å². The van der Waals surface area contributed by atoms with Gasteiger partial charge < -0.3 is 18.7 Å². The van der Waals surface area contributed by atoms with Gasteiger partial charge in [-0.3, -0.25) is 0 Å². The first kappa shape index (κ1) is 32.8. The Bertz CT molecular complexity index is 3470. The summed E-state index contributed by atoms with van der Waals surface area (Å²) < 4.78 is 17.1. The average Bonchev–Trinajstić information content (AvgIpc) is 4.14. The van der Waals surface area contributed by atoms with Crippen LogP contribution in [-0.4, -0.2) is 31.3 Å². The van der Waals surface area contributed by atoms with Gasteiger partial charge in [0.05, 0.1) is 16.5 Å². The lowest BCUT2D eigenvalue weighted by molar-refractivity contribution is 0.616. The Labute approximate surface area is 344 Å². The third-order valence-electron chi connectivity index (χ3n) is 11.5. The van der Waals surface area contributed by atoms with Crippen molar-refractivity contribution in [2.45, 2.75) is 6.42 Å². The lowest BCUT2D eigenvalue weighted by Crippen LogP contribution is -2.14. The summed E-state index contributed by atoms with van der Waals surface area (Å²) in [6, 6.07) is 48.5. The van der Waals surface area contributed by atoms with Gasteiger partial charge in [0.15, 0.2) is 11.4 Å². The molecule has 10 heteroatoms. The predicted molar refractivity (Wildman–Crippen MR) is 240 cm³/mol. The lowest BCUT2D eigenvalue weighted by Gasteiger charge is -2.21. The number of rotatable bonds is 6. The molecule has 1 aliphatic rings. The molecular formula is C49H30N6O2S2. The molecule has 0 bridgehead atoms. The minimum atomic E-state index is 0.494. The fourth-order valence-corrected chi connectivity index (χ4v) is 10.6. The van der Waals surface area contributed by atoms with Gasteiger partial charge in [0.25, 0.3) is 0 Å². The maximum Gasteiger partial charge on any atom is 0.228 e. The first-order chi connectivity index (χ1) is 29.2. The molecule has 0 amide bonds. The molecule has 6 aromatic carbocycles. The lowest BCUT2D eigenvalue weighted by atomic mass is 9.87. The molecule has 1 aliphatic heterocycles. The molecule has 0 radical (unpaired) electrons. The second kappa shape index (κ2) is 12.6. The van der Waals surface area contributed by atoms with Gasteiger partial charge in [0.2, 0.25) is 11.0 Å². The van der Waals surface area contributed by atoms with Gasteiger partial charge in [-0.2, -0.15) is 0 Å². The molecule has 12 aromatic rings. The van der Waals surface area contributed by atoms with E-state index in [1.165, 1.54) is 10.3 Å². The van der Waals surface area contributed by atoms with Crippen LogP contribution < -0.4 is 4.90 Å². The van der Waals surface area contributed by atoms with Crippen LogP contribution in [-0.2, 0) is 6.42 Å². The number of benzene rings is 6. The van der Waals surface area contributed by atoms with E-state index < -0.39 is 0 Å². The van der Waals surface area contributed by atoms with E-state index in [1.54, 1.807) is 22.7 Å². The molecule has 0 saturated heterocycles. The van der Waals surface area contributed by atoms with Gasteiger partial charge in [-0.1, -0.05) is 84.9 Å². The number of nitrogens with one attached hydrogen (secondary N) is 1. The topological polar surface area (TPSA) is 88.9 Å². The molecule has 8 nitrogen and oxygen atoms in total. The van der Waals surface area contributed by atoms with Gasteiger partial charge in [-0.25, -0.2) is 14.6 Å². The first-order valence-electron chi connectivity index (χ1n) is 19.5. The summed E-state index contributed by atoms with van der Waals surface area (Å²) >= 11 is 3.32. The summed E-state index contributed by atoms with van der Waals surface area (Å²) in [5.74, 6) is 2.04. The summed E-state index contributed by atoms with van der Waals surface area (Å²) in [6.07, 6.45) is 2.75. The van der Waals surface area contributed by atoms with E-state index in [2.05, 4.69) is 118 Å². The van der Waals surface area contributed by atoms with E-state index in [1.807, 2.05) is 48.0 Å². The van der Waals surface area contributed by atoms with Crippen molar-refractivity contribution >= 4 is 88.1 Å². The number of aromatic amines is 1. The van der Waals surface area contributed by atoms with Gasteiger partial charge in [0.1, 0.15) is 16.9 Å². The van der Waals surface area contributed by atoms with Crippen molar-refractivity contribution in [2.75, 3.05) is 11.4 Å². The molecular weight excluding hydrogens is 769 g/mol. The van der Waals surface area contributed by atoms with Crippen LogP contribution in [0.2, 0.25) is 0 Å². The number of aromatic nitrogens is 5. The number of hydrogen-bond donors (Lipinski definition) is 1. The van der Waals surface area contributed by atoms with Crippen LogP contribution in [0.4, 0.5) is 11.5 Å². The van der Waals surface area contributed by atoms with E-state index in [0.717, 1.165) is 106 Å². The summed E-state index contributed by atoms with van der Waals surface area (Å²) in [6.45, 7) is 0.778. The number of hydrogen-bond acceptors (Lipinski definition) is 8. The van der Waals surface area contributed by atoms with Gasteiger partial charge in [0, 0.05) is 72.1 Å². The SMILES string of the molecule is c1ccc2c(c1)CCN2c1nn(-c2nccs2)c2c(-c3cc4ccccc4s3)c(-c3nc4ccccc4o3)c(-c3cc4ccccc4o3)c(-c3cc4ccccc4[nH]3)c12. The highest BCUT2D eigenvalue weighted by atomic mass is 32.1. The Kier molecular flexibility index (Phi) is 7.01. The molecule has 6 aromatic heterocycles. The Morgan fingerprint density at radius 3 is 2.32 bits per heavy atom. The van der Waals surface area contributed by atoms with Crippen LogP contribution in [0.5, 0.6) is 0 Å². The number of H-pyrrole nitrogens is 1. The quantitative estimate of drug-likeness (QED) is 0.180. The Balaban J connectivity index is 1.30. The number of furan rings is 1. The molecule has 0 unspecified atom stereocenters. The minimum Gasteiger partial charge on any atom is -0.456 e. The normalized spacial score (nSPS) is 12.9. The van der Waals surface area contributed by atoms with Crippen molar-refractivity contribution in [3.8, 4) is 49.6 Å². The summed E-state index contributed by atoms with van der Waals surface area (Å²) in [5, 5.41) is 12.7. The van der Waals surface area contributed by atoms with E-state index >= 15 is 0 Å². The highest BCUT2D eigenvalue weighted by molar-refractivity contribution is 7.22. The van der Waals surface area contributed by atoms with Crippen molar-refractivity contribution in [3.05, 3.63) is 157 Å². The summed E-state index contributed by atoms with van der Waals surface area (Å²) in [4.78, 5) is 17.5. The number of fused-ring (bicyclic) bond motifs is 6. The van der Waals surface area contributed by atoms with Crippen LogP contribution in [0, 0.1) is 0 Å². The van der Waals surface area contributed by atoms with Crippen LogP contribution in [0.1, 0.15) is 5.56 Å². The molecule has 7 heterocycles. The number of para-hydroxylation sites is 5. The van der Waals surface area contributed by atoms with Crippen LogP contribution in [0.3, 0.4) is 0 Å². The zero-order valence-electron chi connectivity index (χ0n) is 31.2. The predicted octanol–water partition coefficient (Wildman–Crippen LogP) is 13.4. The molecule has 0 aliphatic carbocycles. The number of thiophene rings is 1. The highest BCUT2D eigenvalue weighted by Crippen LogP contribution is 2.56. The third kappa shape index (κ3) is 4.97. The second-order valence-corrected chi connectivity index (χ2v) is 16.8. The molecule has 280 valence electrons. The number of anilines is 2. The number of thiazole rings is 1. The Hall–Kier alpha value is -7.27. The van der Waals surface area contributed by atoms with E-state index in [0.29, 0.717) is 17.2 Å². The van der Waals surface area contributed by atoms with Crippen molar-refractivity contribution in [1.29, 1.82) is 0 Å². The van der Waals surface area contributed by atoms with Gasteiger partial charge in [-0.15, -0.1) is 27.8 Å². The van der Waals surface area contributed by atoms with Crippen molar-refractivity contribution in [2.24, 2.45) is 0 Å². The fraction of sp³-hybridized carbons (Fsp3) is 0.0408.